The molecule has 0 radical (unpaired) electrons. The van der Waals surface area contributed by atoms with E-state index in [1.165, 1.54) is 0 Å². The van der Waals surface area contributed by atoms with Gasteiger partial charge in [-0.05, 0) is 6.07 Å². The summed E-state index contributed by atoms with van der Waals surface area (Å²) in [7, 11) is 0. The SMILES string of the molecule is O=C1OCCN1Cc1cnc(Cl)cc1Cl. The third-order valence-electron chi connectivity index (χ3n) is 2.10. The summed E-state index contributed by atoms with van der Waals surface area (Å²) in [6, 6.07) is 1.56. The zero-order valence-corrected chi connectivity index (χ0v) is 9.25. The summed E-state index contributed by atoms with van der Waals surface area (Å²) in [5.41, 5.74) is 0.764. The van der Waals surface area contributed by atoms with E-state index in [-0.39, 0.29) is 6.09 Å². The summed E-state index contributed by atoms with van der Waals surface area (Å²) in [5.74, 6) is 0. The highest BCUT2D eigenvalue weighted by Gasteiger charge is 2.22. The van der Waals surface area contributed by atoms with E-state index >= 15 is 0 Å². The molecule has 2 rings (SSSR count). The van der Waals surface area contributed by atoms with Gasteiger partial charge >= 0.3 is 6.09 Å². The van der Waals surface area contributed by atoms with Crippen molar-refractivity contribution in [2.75, 3.05) is 13.2 Å². The van der Waals surface area contributed by atoms with Crippen molar-refractivity contribution in [3.63, 3.8) is 0 Å². The molecule has 1 aromatic heterocycles. The average Bonchev–Trinajstić information content (AvgIpc) is 2.57. The van der Waals surface area contributed by atoms with Crippen LogP contribution in [-0.4, -0.2) is 29.1 Å². The number of amides is 1. The van der Waals surface area contributed by atoms with Crippen molar-refractivity contribution in [2.45, 2.75) is 6.54 Å². The summed E-state index contributed by atoms with van der Waals surface area (Å²) in [6.07, 6.45) is 1.25. The molecule has 0 aliphatic carbocycles. The number of cyclic esters (lactones) is 1. The lowest BCUT2D eigenvalue weighted by Gasteiger charge is -2.13. The molecule has 15 heavy (non-hydrogen) atoms. The van der Waals surface area contributed by atoms with E-state index in [0.29, 0.717) is 29.9 Å². The summed E-state index contributed by atoms with van der Waals surface area (Å²) >= 11 is 11.6. The number of ether oxygens (including phenoxy) is 1. The van der Waals surface area contributed by atoms with Crippen LogP contribution in [0.1, 0.15) is 5.56 Å². The van der Waals surface area contributed by atoms with Gasteiger partial charge in [-0.25, -0.2) is 9.78 Å². The smallest absolute Gasteiger partial charge is 0.410 e. The van der Waals surface area contributed by atoms with Crippen LogP contribution in [0.15, 0.2) is 12.3 Å². The van der Waals surface area contributed by atoms with Crippen LogP contribution >= 0.6 is 23.2 Å². The number of hydrogen-bond donors (Lipinski definition) is 0. The average molecular weight is 247 g/mol. The fraction of sp³-hybridized carbons (Fsp3) is 0.333. The molecule has 0 aromatic carbocycles. The lowest BCUT2D eigenvalue weighted by Crippen LogP contribution is -2.23. The summed E-state index contributed by atoms with van der Waals surface area (Å²) in [5, 5.41) is 0.849. The maximum absolute atomic E-state index is 11.2. The number of pyridine rings is 1. The van der Waals surface area contributed by atoms with E-state index in [1.807, 2.05) is 0 Å². The molecule has 6 heteroatoms. The maximum atomic E-state index is 11.2. The van der Waals surface area contributed by atoms with E-state index in [0.717, 1.165) is 5.56 Å². The van der Waals surface area contributed by atoms with Crippen molar-refractivity contribution in [3.05, 3.63) is 28.0 Å². The normalized spacial score (nSPS) is 15.6. The molecule has 1 saturated heterocycles. The van der Waals surface area contributed by atoms with Crippen molar-refractivity contribution in [3.8, 4) is 0 Å². The van der Waals surface area contributed by atoms with Crippen LogP contribution in [0.2, 0.25) is 10.2 Å². The molecule has 0 spiro atoms. The minimum Gasteiger partial charge on any atom is -0.448 e. The molecule has 1 fully saturated rings. The van der Waals surface area contributed by atoms with Gasteiger partial charge in [-0.1, -0.05) is 23.2 Å². The molecule has 1 amide bonds. The number of nitrogens with zero attached hydrogens (tertiary/aromatic N) is 2. The number of carbonyl (C=O) groups excluding carboxylic acids is 1. The molecule has 0 bridgehead atoms. The first-order valence-corrected chi connectivity index (χ1v) is 5.14. The van der Waals surface area contributed by atoms with Crippen molar-refractivity contribution >= 4 is 29.3 Å². The van der Waals surface area contributed by atoms with Crippen LogP contribution in [-0.2, 0) is 11.3 Å². The highest BCUT2D eigenvalue weighted by atomic mass is 35.5. The topological polar surface area (TPSA) is 42.4 Å². The second-order valence-corrected chi connectivity index (χ2v) is 3.93. The van der Waals surface area contributed by atoms with Gasteiger partial charge < -0.3 is 9.64 Å². The molecule has 0 N–H and O–H groups in total. The predicted octanol–water partition coefficient (Wildman–Crippen LogP) is 2.34. The van der Waals surface area contributed by atoms with Crippen LogP contribution in [0, 0.1) is 0 Å². The predicted molar refractivity (Wildman–Crippen MR) is 56.0 cm³/mol. The molecule has 1 aliphatic rings. The van der Waals surface area contributed by atoms with Gasteiger partial charge in [-0.3, -0.25) is 0 Å². The second-order valence-electron chi connectivity index (χ2n) is 3.13. The Balaban J connectivity index is 2.13. The zero-order chi connectivity index (χ0) is 10.8. The molecule has 0 saturated carbocycles. The molecular formula is C9H8Cl2N2O2. The molecule has 4 nitrogen and oxygen atoms in total. The number of aromatic nitrogens is 1. The van der Waals surface area contributed by atoms with Gasteiger partial charge in [-0.2, -0.15) is 0 Å². The number of rotatable bonds is 2. The minimum atomic E-state index is -0.319. The Morgan fingerprint density at radius 1 is 1.53 bits per heavy atom. The van der Waals surface area contributed by atoms with Crippen LogP contribution in [0.25, 0.3) is 0 Å². The van der Waals surface area contributed by atoms with Crippen molar-refractivity contribution in [1.29, 1.82) is 0 Å². The largest absolute Gasteiger partial charge is 0.448 e. The van der Waals surface area contributed by atoms with E-state index in [9.17, 15) is 4.79 Å². The first kappa shape index (κ1) is 10.5. The molecule has 0 unspecified atom stereocenters. The highest BCUT2D eigenvalue weighted by molar-refractivity contribution is 6.34. The first-order chi connectivity index (χ1) is 7.16. The van der Waals surface area contributed by atoms with Gasteiger partial charge in [0.15, 0.2) is 0 Å². The van der Waals surface area contributed by atoms with Crippen LogP contribution in [0.3, 0.4) is 0 Å². The van der Waals surface area contributed by atoms with Crippen molar-refractivity contribution in [2.24, 2.45) is 0 Å². The Labute approximate surface area is 96.7 Å². The lowest BCUT2D eigenvalue weighted by atomic mass is 10.2. The Hall–Kier alpha value is -1.000. The van der Waals surface area contributed by atoms with Gasteiger partial charge in [0.25, 0.3) is 0 Å². The third kappa shape index (κ3) is 2.33. The Bertz CT molecular complexity index is 398. The minimum absolute atomic E-state index is 0.319. The number of carbonyl (C=O) groups is 1. The third-order valence-corrected chi connectivity index (χ3v) is 2.66. The standard InChI is InChI=1S/C9H8Cl2N2O2/c10-7-3-8(11)12-4-6(7)5-13-1-2-15-9(13)14/h3-4H,1-2,5H2. The monoisotopic (exact) mass is 246 g/mol. The van der Waals surface area contributed by atoms with Gasteiger partial charge in [0.05, 0.1) is 18.1 Å². The van der Waals surface area contributed by atoms with E-state index in [2.05, 4.69) is 4.98 Å². The highest BCUT2D eigenvalue weighted by Crippen LogP contribution is 2.21. The van der Waals surface area contributed by atoms with E-state index in [1.54, 1.807) is 17.2 Å². The molecular weight excluding hydrogens is 239 g/mol. The summed E-state index contributed by atoms with van der Waals surface area (Å²) in [6.45, 7) is 1.41. The molecule has 1 aliphatic heterocycles. The quantitative estimate of drug-likeness (QED) is 0.753. The number of halogens is 2. The van der Waals surface area contributed by atoms with Crippen molar-refractivity contribution < 1.29 is 9.53 Å². The first-order valence-electron chi connectivity index (χ1n) is 4.38. The van der Waals surface area contributed by atoms with Crippen molar-refractivity contribution in [1.82, 2.24) is 9.88 Å². The van der Waals surface area contributed by atoms with Gasteiger partial charge in [0.2, 0.25) is 0 Å². The van der Waals surface area contributed by atoms with Crippen LogP contribution in [0.4, 0.5) is 4.79 Å². The fourth-order valence-electron chi connectivity index (χ4n) is 1.33. The van der Waals surface area contributed by atoms with Crippen LogP contribution < -0.4 is 0 Å². The van der Waals surface area contributed by atoms with Gasteiger partial charge in [0, 0.05) is 11.8 Å². The summed E-state index contributed by atoms with van der Waals surface area (Å²) in [4.78, 5) is 16.6. The van der Waals surface area contributed by atoms with E-state index < -0.39 is 0 Å². The Kier molecular flexibility index (Phi) is 2.98. The Morgan fingerprint density at radius 2 is 2.33 bits per heavy atom. The van der Waals surface area contributed by atoms with Gasteiger partial charge in [0.1, 0.15) is 11.8 Å². The van der Waals surface area contributed by atoms with E-state index in [4.69, 9.17) is 27.9 Å². The maximum Gasteiger partial charge on any atom is 0.410 e. The molecule has 1 aromatic rings. The zero-order valence-electron chi connectivity index (χ0n) is 7.74. The molecule has 2 heterocycles. The van der Waals surface area contributed by atoms with Gasteiger partial charge in [-0.15, -0.1) is 0 Å². The molecule has 80 valence electrons. The number of hydrogen-bond acceptors (Lipinski definition) is 3. The lowest BCUT2D eigenvalue weighted by molar-refractivity contribution is 0.157. The summed E-state index contributed by atoms with van der Waals surface area (Å²) < 4.78 is 4.80. The second kappa shape index (κ2) is 4.24. The fourth-order valence-corrected chi connectivity index (χ4v) is 1.75. The van der Waals surface area contributed by atoms with Crippen LogP contribution in [0.5, 0.6) is 0 Å². The Morgan fingerprint density at radius 3 is 2.93 bits per heavy atom. The molecule has 0 atom stereocenters.